The maximum atomic E-state index is 12.8. The lowest BCUT2D eigenvalue weighted by molar-refractivity contribution is -0.130. The minimum Gasteiger partial charge on any atom is -0.354 e. The third kappa shape index (κ3) is 3.24. The van der Waals surface area contributed by atoms with Gasteiger partial charge in [-0.25, -0.2) is 9.97 Å². The first-order valence-electron chi connectivity index (χ1n) is 8.92. The molecule has 3 aromatic rings. The summed E-state index contributed by atoms with van der Waals surface area (Å²) in [5.74, 6) is 1.02. The van der Waals surface area contributed by atoms with E-state index in [-0.39, 0.29) is 5.91 Å². The van der Waals surface area contributed by atoms with Crippen molar-refractivity contribution >= 4 is 17.4 Å². The van der Waals surface area contributed by atoms with Gasteiger partial charge in [0.05, 0.1) is 18.3 Å². The van der Waals surface area contributed by atoms with Crippen LogP contribution < -0.4 is 4.90 Å². The summed E-state index contributed by atoms with van der Waals surface area (Å²) >= 11 is 0. The van der Waals surface area contributed by atoms with E-state index in [1.807, 2.05) is 40.8 Å². The summed E-state index contributed by atoms with van der Waals surface area (Å²) in [5, 5.41) is 0. The molecule has 4 heterocycles. The molecule has 1 amide bonds. The largest absolute Gasteiger partial charge is 0.354 e. The van der Waals surface area contributed by atoms with Gasteiger partial charge < -0.3 is 14.2 Å². The molecule has 134 valence electrons. The van der Waals surface area contributed by atoms with Crippen LogP contribution in [0.1, 0.15) is 17.7 Å². The van der Waals surface area contributed by atoms with Crippen LogP contribution in [0.5, 0.6) is 0 Å². The quantitative estimate of drug-likeness (QED) is 0.719. The van der Waals surface area contributed by atoms with E-state index in [1.165, 1.54) is 0 Å². The van der Waals surface area contributed by atoms with E-state index in [0.717, 1.165) is 48.8 Å². The Labute approximate surface area is 152 Å². The minimum absolute atomic E-state index is 0.148. The lowest BCUT2D eigenvalue weighted by Gasteiger charge is -2.22. The molecule has 0 aromatic carbocycles. The Hall–Kier alpha value is -2.96. The van der Waals surface area contributed by atoms with Crippen LogP contribution in [0.15, 0.2) is 43.1 Å². The van der Waals surface area contributed by atoms with Crippen molar-refractivity contribution in [3.05, 3.63) is 54.4 Å². The highest BCUT2D eigenvalue weighted by atomic mass is 16.2. The van der Waals surface area contributed by atoms with Crippen molar-refractivity contribution in [2.45, 2.75) is 19.8 Å². The number of anilines is 1. The number of amides is 1. The summed E-state index contributed by atoms with van der Waals surface area (Å²) in [7, 11) is 0. The molecule has 0 radical (unpaired) electrons. The van der Waals surface area contributed by atoms with Gasteiger partial charge in [0.15, 0.2) is 0 Å². The van der Waals surface area contributed by atoms with Crippen molar-refractivity contribution in [1.29, 1.82) is 0 Å². The van der Waals surface area contributed by atoms with Gasteiger partial charge >= 0.3 is 0 Å². The third-order valence-electron chi connectivity index (χ3n) is 4.86. The fourth-order valence-corrected chi connectivity index (χ4v) is 3.45. The molecule has 4 rings (SSSR count). The Morgan fingerprint density at radius 1 is 1.12 bits per heavy atom. The zero-order valence-electron chi connectivity index (χ0n) is 14.9. The van der Waals surface area contributed by atoms with Gasteiger partial charge in [-0.2, -0.15) is 0 Å². The zero-order valence-corrected chi connectivity index (χ0v) is 14.9. The molecule has 0 saturated carbocycles. The lowest BCUT2D eigenvalue weighted by atomic mass is 10.2. The second-order valence-corrected chi connectivity index (χ2v) is 6.60. The highest BCUT2D eigenvalue weighted by Crippen LogP contribution is 2.15. The fraction of sp³-hybridized carbons (Fsp3) is 0.368. The molecule has 0 spiro atoms. The molecular weight excluding hydrogens is 328 g/mol. The Morgan fingerprint density at radius 2 is 2.04 bits per heavy atom. The second kappa shape index (κ2) is 7.11. The Balaban J connectivity index is 1.44. The molecule has 26 heavy (non-hydrogen) atoms. The Morgan fingerprint density at radius 3 is 2.88 bits per heavy atom. The number of pyridine rings is 1. The standard InChI is InChI=1S/C19H22N6O/c1-15-4-2-9-25-16(13-22-19(15)25)12-18(26)24-8-3-7-23(10-11-24)17-14-20-5-6-21-17/h2,4-6,9,13-14H,3,7-8,10-12H2,1H3. The molecule has 1 saturated heterocycles. The molecule has 0 aliphatic carbocycles. The number of imidazole rings is 1. The molecule has 3 aromatic heterocycles. The Bertz CT molecular complexity index is 907. The van der Waals surface area contributed by atoms with Crippen LogP contribution in [0.2, 0.25) is 0 Å². The number of carbonyl (C=O) groups excluding carboxylic acids is 1. The fourth-order valence-electron chi connectivity index (χ4n) is 3.45. The number of rotatable bonds is 3. The summed E-state index contributed by atoms with van der Waals surface area (Å²) in [6.45, 7) is 5.16. The SMILES string of the molecule is Cc1cccn2c(CC(=O)N3CCCN(c4cnccn4)CC3)cnc12. The minimum atomic E-state index is 0.148. The monoisotopic (exact) mass is 350 g/mol. The van der Waals surface area contributed by atoms with Crippen molar-refractivity contribution in [3.8, 4) is 0 Å². The molecule has 1 aliphatic heterocycles. The highest BCUT2D eigenvalue weighted by Gasteiger charge is 2.21. The highest BCUT2D eigenvalue weighted by molar-refractivity contribution is 5.78. The van der Waals surface area contributed by atoms with Crippen LogP contribution >= 0.6 is 0 Å². The summed E-state index contributed by atoms with van der Waals surface area (Å²) in [5.41, 5.74) is 2.96. The Kier molecular flexibility index (Phi) is 4.51. The molecule has 7 nitrogen and oxygen atoms in total. The van der Waals surface area contributed by atoms with Crippen LogP contribution in [0.4, 0.5) is 5.82 Å². The molecular formula is C19H22N6O. The lowest BCUT2D eigenvalue weighted by Crippen LogP contribution is -2.36. The van der Waals surface area contributed by atoms with Gasteiger partial charge in [0.25, 0.3) is 0 Å². The van der Waals surface area contributed by atoms with Crippen molar-refractivity contribution in [2.24, 2.45) is 0 Å². The van der Waals surface area contributed by atoms with E-state index in [0.29, 0.717) is 13.0 Å². The molecule has 1 fully saturated rings. The topological polar surface area (TPSA) is 66.6 Å². The van der Waals surface area contributed by atoms with E-state index in [4.69, 9.17) is 0 Å². The van der Waals surface area contributed by atoms with Crippen molar-refractivity contribution in [1.82, 2.24) is 24.3 Å². The maximum absolute atomic E-state index is 12.8. The normalized spacial score (nSPS) is 15.3. The smallest absolute Gasteiger partial charge is 0.228 e. The number of aryl methyl sites for hydroxylation is 1. The van der Waals surface area contributed by atoms with Gasteiger partial charge in [0.2, 0.25) is 5.91 Å². The first-order valence-corrected chi connectivity index (χ1v) is 8.92. The maximum Gasteiger partial charge on any atom is 0.228 e. The van der Waals surface area contributed by atoms with Crippen molar-refractivity contribution in [3.63, 3.8) is 0 Å². The van der Waals surface area contributed by atoms with Gasteiger partial charge in [0, 0.05) is 51.0 Å². The summed E-state index contributed by atoms with van der Waals surface area (Å²) in [4.78, 5) is 29.9. The number of fused-ring (bicyclic) bond motifs is 1. The summed E-state index contributed by atoms with van der Waals surface area (Å²) in [6, 6.07) is 4.02. The number of hydrogen-bond donors (Lipinski definition) is 0. The predicted octanol–water partition coefficient (Wildman–Crippen LogP) is 1.71. The average Bonchev–Trinajstić information content (AvgIpc) is 2.91. The van der Waals surface area contributed by atoms with E-state index in [1.54, 1.807) is 18.6 Å². The van der Waals surface area contributed by atoms with E-state index in [9.17, 15) is 4.79 Å². The van der Waals surface area contributed by atoms with Crippen LogP contribution in [0.25, 0.3) is 5.65 Å². The number of nitrogens with zero attached hydrogens (tertiary/aromatic N) is 6. The van der Waals surface area contributed by atoms with Gasteiger partial charge in [-0.15, -0.1) is 0 Å². The van der Waals surface area contributed by atoms with Crippen molar-refractivity contribution < 1.29 is 4.79 Å². The second-order valence-electron chi connectivity index (χ2n) is 6.60. The van der Waals surface area contributed by atoms with Gasteiger partial charge in [-0.05, 0) is 25.0 Å². The molecule has 7 heteroatoms. The predicted molar refractivity (Wildman–Crippen MR) is 99.1 cm³/mol. The van der Waals surface area contributed by atoms with Gasteiger partial charge in [-0.1, -0.05) is 6.07 Å². The molecule has 0 N–H and O–H groups in total. The van der Waals surface area contributed by atoms with Gasteiger partial charge in [-0.3, -0.25) is 9.78 Å². The molecule has 0 bridgehead atoms. The van der Waals surface area contributed by atoms with E-state index < -0.39 is 0 Å². The zero-order chi connectivity index (χ0) is 17.9. The van der Waals surface area contributed by atoms with Crippen LogP contribution in [0, 0.1) is 6.92 Å². The molecule has 1 aliphatic rings. The van der Waals surface area contributed by atoms with Gasteiger partial charge in [0.1, 0.15) is 11.5 Å². The summed E-state index contributed by atoms with van der Waals surface area (Å²) in [6.07, 6.45) is 10.2. The number of carbonyl (C=O) groups is 1. The van der Waals surface area contributed by atoms with Crippen LogP contribution in [0.3, 0.4) is 0 Å². The molecule has 0 atom stereocenters. The number of hydrogen-bond acceptors (Lipinski definition) is 5. The van der Waals surface area contributed by atoms with E-state index in [2.05, 4.69) is 19.9 Å². The van der Waals surface area contributed by atoms with E-state index >= 15 is 0 Å². The summed E-state index contributed by atoms with van der Waals surface area (Å²) < 4.78 is 2.01. The average molecular weight is 350 g/mol. The molecule has 0 unspecified atom stereocenters. The van der Waals surface area contributed by atoms with Crippen molar-refractivity contribution in [2.75, 3.05) is 31.1 Å². The van der Waals surface area contributed by atoms with Crippen LogP contribution in [-0.4, -0.2) is 56.3 Å². The first-order chi connectivity index (χ1) is 12.7. The first kappa shape index (κ1) is 16.5. The van der Waals surface area contributed by atoms with Crippen LogP contribution in [-0.2, 0) is 11.2 Å². The third-order valence-corrected chi connectivity index (χ3v) is 4.86. The number of aromatic nitrogens is 4.